The van der Waals surface area contributed by atoms with Gasteiger partial charge in [-0.15, -0.1) is 0 Å². The van der Waals surface area contributed by atoms with Crippen molar-refractivity contribution in [3.05, 3.63) is 34.6 Å². The van der Waals surface area contributed by atoms with Gasteiger partial charge in [0, 0.05) is 42.8 Å². The number of hydrogen-bond donors (Lipinski definition) is 1. The first kappa shape index (κ1) is 12.8. The summed E-state index contributed by atoms with van der Waals surface area (Å²) in [6, 6.07) is 5.38. The molecular formula is C13H18ClFN2. The summed E-state index contributed by atoms with van der Waals surface area (Å²) in [6.45, 7) is 5.63. The Hall–Kier alpha value is -0.640. The van der Waals surface area contributed by atoms with E-state index < -0.39 is 0 Å². The van der Waals surface area contributed by atoms with Crippen LogP contribution in [-0.4, -0.2) is 30.6 Å². The topological polar surface area (TPSA) is 15.3 Å². The highest BCUT2D eigenvalue weighted by molar-refractivity contribution is 6.31. The van der Waals surface area contributed by atoms with E-state index in [1.165, 1.54) is 6.07 Å². The Morgan fingerprint density at radius 3 is 3.06 bits per heavy atom. The molecule has 1 saturated heterocycles. The lowest BCUT2D eigenvalue weighted by Crippen LogP contribution is -2.49. The summed E-state index contributed by atoms with van der Waals surface area (Å²) in [5.74, 6) is -0.205. The molecule has 0 aromatic heterocycles. The maximum absolute atomic E-state index is 13.7. The standard InChI is InChI=1S/C13H18ClFN2/c1-2-10-8-17(7-6-16-10)9-11-12(14)4-3-5-13(11)15/h3-5,10,16H,2,6-9H2,1H3. The van der Waals surface area contributed by atoms with E-state index in [1.807, 2.05) is 0 Å². The molecule has 94 valence electrons. The van der Waals surface area contributed by atoms with E-state index in [1.54, 1.807) is 12.1 Å². The minimum absolute atomic E-state index is 0.205. The third-order valence-electron chi connectivity index (χ3n) is 3.28. The quantitative estimate of drug-likeness (QED) is 0.895. The second-order valence-electron chi connectivity index (χ2n) is 4.49. The Morgan fingerprint density at radius 1 is 1.53 bits per heavy atom. The predicted molar refractivity (Wildman–Crippen MR) is 68.8 cm³/mol. The Bertz CT molecular complexity index is 363. The van der Waals surface area contributed by atoms with Crippen molar-refractivity contribution in [3.63, 3.8) is 0 Å². The Balaban J connectivity index is 2.05. The molecule has 1 atom stereocenters. The van der Waals surface area contributed by atoms with Crippen molar-refractivity contribution in [2.24, 2.45) is 0 Å². The number of benzene rings is 1. The van der Waals surface area contributed by atoms with Crippen molar-refractivity contribution < 1.29 is 4.39 Å². The number of nitrogens with zero attached hydrogens (tertiary/aromatic N) is 1. The minimum Gasteiger partial charge on any atom is -0.311 e. The third-order valence-corrected chi connectivity index (χ3v) is 3.63. The molecule has 2 rings (SSSR count). The first-order valence-corrected chi connectivity index (χ1v) is 6.47. The highest BCUT2D eigenvalue weighted by Crippen LogP contribution is 2.21. The average Bonchev–Trinajstić information content (AvgIpc) is 2.34. The van der Waals surface area contributed by atoms with Gasteiger partial charge >= 0.3 is 0 Å². The Kier molecular flexibility index (Phi) is 4.37. The van der Waals surface area contributed by atoms with Crippen LogP contribution < -0.4 is 5.32 Å². The summed E-state index contributed by atoms with van der Waals surface area (Å²) in [6.07, 6.45) is 1.10. The van der Waals surface area contributed by atoms with Crippen molar-refractivity contribution in [3.8, 4) is 0 Å². The van der Waals surface area contributed by atoms with Crippen molar-refractivity contribution in [2.75, 3.05) is 19.6 Å². The van der Waals surface area contributed by atoms with Crippen LogP contribution in [0.2, 0.25) is 5.02 Å². The zero-order valence-electron chi connectivity index (χ0n) is 10.0. The van der Waals surface area contributed by atoms with Gasteiger partial charge in [-0.2, -0.15) is 0 Å². The van der Waals surface area contributed by atoms with Crippen molar-refractivity contribution in [2.45, 2.75) is 25.9 Å². The van der Waals surface area contributed by atoms with Gasteiger partial charge in [0.2, 0.25) is 0 Å². The van der Waals surface area contributed by atoms with Crippen LogP contribution in [0.1, 0.15) is 18.9 Å². The molecule has 1 aliphatic rings. The summed E-state index contributed by atoms with van der Waals surface area (Å²) in [4.78, 5) is 2.26. The van der Waals surface area contributed by atoms with Crippen LogP contribution >= 0.6 is 11.6 Å². The summed E-state index contributed by atoms with van der Waals surface area (Å²) in [5, 5.41) is 3.97. The molecule has 0 saturated carbocycles. The predicted octanol–water partition coefficient (Wildman–Crippen LogP) is 2.66. The van der Waals surface area contributed by atoms with Crippen LogP contribution in [0.4, 0.5) is 4.39 Å². The fourth-order valence-electron chi connectivity index (χ4n) is 2.22. The maximum atomic E-state index is 13.7. The van der Waals surface area contributed by atoms with Gasteiger partial charge in [0.15, 0.2) is 0 Å². The summed E-state index contributed by atoms with van der Waals surface area (Å²) in [7, 11) is 0. The molecule has 4 heteroatoms. The normalized spacial score (nSPS) is 21.7. The van der Waals surface area contributed by atoms with Gasteiger partial charge in [0.25, 0.3) is 0 Å². The molecule has 0 amide bonds. The third kappa shape index (κ3) is 3.18. The van der Waals surface area contributed by atoms with Crippen LogP contribution in [-0.2, 0) is 6.54 Å². The molecular weight excluding hydrogens is 239 g/mol. The van der Waals surface area contributed by atoms with E-state index in [0.29, 0.717) is 23.2 Å². The van der Waals surface area contributed by atoms with Crippen LogP contribution in [0.15, 0.2) is 18.2 Å². The first-order chi connectivity index (χ1) is 8.20. The fourth-order valence-corrected chi connectivity index (χ4v) is 2.44. The Labute approximate surface area is 107 Å². The number of hydrogen-bond acceptors (Lipinski definition) is 2. The molecule has 0 spiro atoms. The van der Waals surface area contributed by atoms with Gasteiger partial charge in [-0.25, -0.2) is 4.39 Å². The van der Waals surface area contributed by atoms with Crippen LogP contribution in [0.3, 0.4) is 0 Å². The lowest BCUT2D eigenvalue weighted by Gasteiger charge is -2.33. The van der Waals surface area contributed by atoms with E-state index in [-0.39, 0.29) is 5.82 Å². The van der Waals surface area contributed by atoms with Crippen molar-refractivity contribution >= 4 is 11.6 Å². The fraction of sp³-hybridized carbons (Fsp3) is 0.538. The number of nitrogens with one attached hydrogen (secondary N) is 1. The molecule has 2 nitrogen and oxygen atoms in total. The molecule has 1 aliphatic heterocycles. The Morgan fingerprint density at radius 2 is 2.35 bits per heavy atom. The van der Waals surface area contributed by atoms with Gasteiger partial charge in [-0.1, -0.05) is 24.6 Å². The molecule has 1 aromatic carbocycles. The SMILES string of the molecule is CCC1CN(Cc2c(F)cccc2Cl)CCN1. The number of piperazine rings is 1. The van der Waals surface area contributed by atoms with Crippen molar-refractivity contribution in [1.29, 1.82) is 0 Å². The number of halogens is 2. The highest BCUT2D eigenvalue weighted by Gasteiger charge is 2.19. The molecule has 1 unspecified atom stereocenters. The van der Waals surface area contributed by atoms with Gasteiger partial charge in [-0.3, -0.25) is 4.90 Å². The maximum Gasteiger partial charge on any atom is 0.129 e. The summed E-state index contributed by atoms with van der Waals surface area (Å²) < 4.78 is 13.7. The molecule has 0 bridgehead atoms. The smallest absolute Gasteiger partial charge is 0.129 e. The average molecular weight is 257 g/mol. The molecule has 1 aromatic rings. The molecule has 1 fully saturated rings. The summed E-state index contributed by atoms with van der Waals surface area (Å²) >= 11 is 6.04. The van der Waals surface area contributed by atoms with E-state index >= 15 is 0 Å². The number of rotatable bonds is 3. The lowest BCUT2D eigenvalue weighted by molar-refractivity contribution is 0.188. The van der Waals surface area contributed by atoms with Crippen LogP contribution in [0.5, 0.6) is 0 Å². The van der Waals surface area contributed by atoms with Crippen molar-refractivity contribution in [1.82, 2.24) is 10.2 Å². The molecule has 1 N–H and O–H groups in total. The van der Waals surface area contributed by atoms with E-state index in [2.05, 4.69) is 17.1 Å². The highest BCUT2D eigenvalue weighted by atomic mass is 35.5. The molecule has 0 radical (unpaired) electrons. The van der Waals surface area contributed by atoms with E-state index in [0.717, 1.165) is 26.1 Å². The zero-order chi connectivity index (χ0) is 12.3. The van der Waals surface area contributed by atoms with Gasteiger partial charge in [0.1, 0.15) is 5.82 Å². The van der Waals surface area contributed by atoms with Gasteiger partial charge in [0.05, 0.1) is 0 Å². The second-order valence-corrected chi connectivity index (χ2v) is 4.90. The molecule has 1 heterocycles. The lowest BCUT2D eigenvalue weighted by atomic mass is 10.1. The van der Waals surface area contributed by atoms with Crippen LogP contribution in [0.25, 0.3) is 0 Å². The van der Waals surface area contributed by atoms with Gasteiger partial charge < -0.3 is 5.32 Å². The largest absolute Gasteiger partial charge is 0.311 e. The molecule has 0 aliphatic carbocycles. The summed E-state index contributed by atoms with van der Waals surface area (Å²) in [5.41, 5.74) is 0.617. The van der Waals surface area contributed by atoms with E-state index in [9.17, 15) is 4.39 Å². The van der Waals surface area contributed by atoms with Crippen LogP contribution in [0, 0.1) is 5.82 Å². The minimum atomic E-state index is -0.205. The monoisotopic (exact) mass is 256 g/mol. The van der Waals surface area contributed by atoms with Gasteiger partial charge in [-0.05, 0) is 18.6 Å². The van der Waals surface area contributed by atoms with E-state index in [4.69, 9.17) is 11.6 Å². The first-order valence-electron chi connectivity index (χ1n) is 6.09. The molecule has 17 heavy (non-hydrogen) atoms. The second kappa shape index (κ2) is 5.80. The zero-order valence-corrected chi connectivity index (χ0v) is 10.8.